The molecular formula is C22H33N5O3. The molecule has 0 saturated carbocycles. The van der Waals surface area contributed by atoms with Crippen molar-refractivity contribution >= 4 is 5.96 Å². The van der Waals surface area contributed by atoms with E-state index in [1.165, 1.54) is 5.56 Å². The van der Waals surface area contributed by atoms with Crippen LogP contribution in [0.15, 0.2) is 33.8 Å². The molecule has 1 saturated heterocycles. The first-order chi connectivity index (χ1) is 14.6. The maximum absolute atomic E-state index is 5.55. The third-order valence-electron chi connectivity index (χ3n) is 5.52. The van der Waals surface area contributed by atoms with Crippen LogP contribution in [0.4, 0.5) is 0 Å². The molecule has 2 N–H and O–H groups in total. The highest BCUT2D eigenvalue weighted by Crippen LogP contribution is 2.23. The second-order valence-electron chi connectivity index (χ2n) is 7.37. The molecule has 1 aromatic carbocycles. The van der Waals surface area contributed by atoms with Crippen LogP contribution < -0.4 is 15.4 Å². The van der Waals surface area contributed by atoms with E-state index in [4.69, 9.17) is 14.0 Å². The highest BCUT2D eigenvalue weighted by atomic mass is 16.5. The summed E-state index contributed by atoms with van der Waals surface area (Å²) in [6, 6.07) is 8.52. The fourth-order valence-corrected chi connectivity index (χ4v) is 3.75. The minimum Gasteiger partial charge on any atom is -0.497 e. The highest BCUT2D eigenvalue weighted by molar-refractivity contribution is 5.79. The van der Waals surface area contributed by atoms with Crippen LogP contribution in [0.3, 0.4) is 0 Å². The summed E-state index contributed by atoms with van der Waals surface area (Å²) in [4.78, 5) is 6.84. The van der Waals surface area contributed by atoms with Crippen LogP contribution in [0, 0.1) is 13.8 Å². The number of methoxy groups -OCH3 is 1. The number of hydrogen-bond donors (Lipinski definition) is 2. The Morgan fingerprint density at radius 3 is 2.53 bits per heavy atom. The van der Waals surface area contributed by atoms with Crippen molar-refractivity contribution < 1.29 is 14.0 Å². The van der Waals surface area contributed by atoms with Gasteiger partial charge in [0.2, 0.25) is 0 Å². The lowest BCUT2D eigenvalue weighted by molar-refractivity contribution is 0.0170. The minimum absolute atomic E-state index is 0.223. The van der Waals surface area contributed by atoms with Crippen LogP contribution >= 0.6 is 0 Å². The molecule has 1 unspecified atom stereocenters. The smallest absolute Gasteiger partial charge is 0.191 e. The number of benzene rings is 1. The Balaban J connectivity index is 1.59. The van der Waals surface area contributed by atoms with Crippen molar-refractivity contribution in [3.63, 3.8) is 0 Å². The van der Waals surface area contributed by atoms with Gasteiger partial charge in [0.15, 0.2) is 5.96 Å². The highest BCUT2D eigenvalue weighted by Gasteiger charge is 2.23. The average Bonchev–Trinajstić information content (AvgIpc) is 3.11. The van der Waals surface area contributed by atoms with Gasteiger partial charge in [-0.05, 0) is 38.0 Å². The Bertz CT molecular complexity index is 793. The predicted molar refractivity (Wildman–Crippen MR) is 117 cm³/mol. The van der Waals surface area contributed by atoms with Crippen LogP contribution in [0.25, 0.3) is 0 Å². The zero-order valence-corrected chi connectivity index (χ0v) is 18.4. The summed E-state index contributed by atoms with van der Waals surface area (Å²) >= 11 is 0. The van der Waals surface area contributed by atoms with Crippen molar-refractivity contribution in [2.24, 2.45) is 4.99 Å². The SMILES string of the molecule is CN=C(NCCc1c(C)noc1C)NCC(c1ccc(OC)cc1)N1CCOCC1. The van der Waals surface area contributed by atoms with Gasteiger partial charge in [-0.3, -0.25) is 9.89 Å². The summed E-state index contributed by atoms with van der Waals surface area (Å²) in [7, 11) is 3.48. The molecule has 8 nitrogen and oxygen atoms in total. The number of ether oxygens (including phenoxy) is 2. The number of nitrogens with one attached hydrogen (secondary N) is 2. The molecule has 2 heterocycles. The number of aryl methyl sites for hydroxylation is 2. The molecule has 0 aliphatic carbocycles. The van der Waals surface area contributed by atoms with Crippen molar-refractivity contribution in [1.29, 1.82) is 0 Å². The minimum atomic E-state index is 0.223. The van der Waals surface area contributed by atoms with E-state index in [9.17, 15) is 0 Å². The monoisotopic (exact) mass is 415 g/mol. The number of morpholine rings is 1. The van der Waals surface area contributed by atoms with E-state index in [2.05, 4.69) is 37.8 Å². The van der Waals surface area contributed by atoms with Crippen molar-refractivity contribution in [2.75, 3.05) is 53.6 Å². The Kier molecular flexibility index (Phi) is 8.10. The lowest BCUT2D eigenvalue weighted by Crippen LogP contribution is -2.46. The first-order valence-corrected chi connectivity index (χ1v) is 10.4. The molecule has 1 aromatic heterocycles. The fraction of sp³-hybridized carbons (Fsp3) is 0.545. The zero-order chi connectivity index (χ0) is 21.3. The van der Waals surface area contributed by atoms with Gasteiger partial charge in [-0.15, -0.1) is 0 Å². The van der Waals surface area contributed by atoms with E-state index in [-0.39, 0.29) is 6.04 Å². The molecule has 2 aromatic rings. The van der Waals surface area contributed by atoms with Gasteiger partial charge < -0.3 is 24.6 Å². The predicted octanol–water partition coefficient (Wildman–Crippen LogP) is 2.08. The van der Waals surface area contributed by atoms with Gasteiger partial charge in [0.1, 0.15) is 11.5 Å². The van der Waals surface area contributed by atoms with Crippen LogP contribution in [-0.2, 0) is 11.2 Å². The largest absolute Gasteiger partial charge is 0.497 e. The zero-order valence-electron chi connectivity index (χ0n) is 18.4. The van der Waals surface area contributed by atoms with Gasteiger partial charge >= 0.3 is 0 Å². The summed E-state index contributed by atoms with van der Waals surface area (Å²) in [5.74, 6) is 2.53. The van der Waals surface area contributed by atoms with Crippen LogP contribution in [0.5, 0.6) is 5.75 Å². The van der Waals surface area contributed by atoms with E-state index in [1.807, 2.05) is 26.0 Å². The molecule has 0 bridgehead atoms. The molecule has 1 atom stereocenters. The molecular weight excluding hydrogens is 382 g/mol. The molecule has 164 valence electrons. The molecule has 0 radical (unpaired) electrons. The van der Waals surface area contributed by atoms with Crippen LogP contribution in [0.2, 0.25) is 0 Å². The summed E-state index contributed by atoms with van der Waals surface area (Å²) in [6.07, 6.45) is 0.841. The third-order valence-corrected chi connectivity index (χ3v) is 5.52. The second-order valence-corrected chi connectivity index (χ2v) is 7.37. The van der Waals surface area contributed by atoms with Crippen molar-refractivity contribution in [2.45, 2.75) is 26.3 Å². The summed E-state index contributed by atoms with van der Waals surface area (Å²) < 4.78 is 16.1. The van der Waals surface area contributed by atoms with Gasteiger partial charge in [0.05, 0.1) is 32.1 Å². The van der Waals surface area contributed by atoms with Crippen molar-refractivity contribution in [3.05, 3.63) is 46.8 Å². The normalized spacial score (nSPS) is 16.3. The quantitative estimate of drug-likeness (QED) is 0.504. The van der Waals surface area contributed by atoms with Gasteiger partial charge in [-0.2, -0.15) is 0 Å². The Labute approximate surface area is 178 Å². The third kappa shape index (κ3) is 5.73. The van der Waals surface area contributed by atoms with Gasteiger partial charge in [-0.1, -0.05) is 17.3 Å². The van der Waals surface area contributed by atoms with E-state index >= 15 is 0 Å². The fourth-order valence-electron chi connectivity index (χ4n) is 3.75. The molecule has 1 aliphatic rings. The first kappa shape index (κ1) is 22.1. The maximum Gasteiger partial charge on any atom is 0.191 e. The first-order valence-electron chi connectivity index (χ1n) is 10.4. The summed E-state index contributed by atoms with van der Waals surface area (Å²) in [6.45, 7) is 8.77. The topological polar surface area (TPSA) is 84.2 Å². The van der Waals surface area contributed by atoms with E-state index < -0.39 is 0 Å². The van der Waals surface area contributed by atoms with Gasteiger partial charge in [0, 0.05) is 38.8 Å². The number of rotatable bonds is 8. The number of aliphatic imine (C=N–C) groups is 1. The molecule has 3 rings (SSSR count). The van der Waals surface area contributed by atoms with Gasteiger partial charge in [-0.25, -0.2) is 0 Å². The molecule has 0 amide bonds. The molecule has 8 heteroatoms. The van der Waals surface area contributed by atoms with E-state index in [0.717, 1.165) is 74.5 Å². The van der Waals surface area contributed by atoms with Crippen molar-refractivity contribution in [3.8, 4) is 5.75 Å². The average molecular weight is 416 g/mol. The lowest BCUT2D eigenvalue weighted by atomic mass is 10.0. The number of hydrogen-bond acceptors (Lipinski definition) is 6. The number of aromatic nitrogens is 1. The van der Waals surface area contributed by atoms with E-state index in [1.54, 1.807) is 14.2 Å². The van der Waals surface area contributed by atoms with E-state index in [0.29, 0.717) is 0 Å². The summed E-state index contributed by atoms with van der Waals surface area (Å²) in [5.41, 5.74) is 3.35. The lowest BCUT2D eigenvalue weighted by Gasteiger charge is -2.35. The maximum atomic E-state index is 5.55. The number of guanidine groups is 1. The Morgan fingerprint density at radius 1 is 1.20 bits per heavy atom. The van der Waals surface area contributed by atoms with Crippen molar-refractivity contribution in [1.82, 2.24) is 20.7 Å². The Hall–Kier alpha value is -2.58. The summed E-state index contributed by atoms with van der Waals surface area (Å²) in [5, 5.41) is 10.9. The van der Waals surface area contributed by atoms with Crippen LogP contribution in [-0.4, -0.2) is 69.6 Å². The van der Waals surface area contributed by atoms with Crippen LogP contribution in [0.1, 0.15) is 28.6 Å². The molecule has 0 spiro atoms. The van der Waals surface area contributed by atoms with Gasteiger partial charge in [0.25, 0.3) is 0 Å². The number of nitrogens with zero attached hydrogens (tertiary/aromatic N) is 3. The Morgan fingerprint density at radius 2 is 1.93 bits per heavy atom. The second kappa shape index (κ2) is 11.0. The molecule has 1 fully saturated rings. The molecule has 1 aliphatic heterocycles. The standard InChI is InChI=1S/C22H33N5O3/c1-16-20(17(2)30-26-16)9-10-24-22(23-3)25-15-21(27-11-13-29-14-12-27)18-5-7-19(28-4)8-6-18/h5-8,21H,9-15H2,1-4H3,(H2,23,24,25). The molecule has 30 heavy (non-hydrogen) atoms.